The van der Waals surface area contributed by atoms with Crippen LogP contribution in [0.5, 0.6) is 0 Å². The van der Waals surface area contributed by atoms with Crippen molar-refractivity contribution in [2.45, 2.75) is 85.0 Å². The lowest BCUT2D eigenvalue weighted by molar-refractivity contribution is -0.150. The summed E-state index contributed by atoms with van der Waals surface area (Å²) in [5.41, 5.74) is 1.05. The summed E-state index contributed by atoms with van der Waals surface area (Å²) in [6.07, 6.45) is 6.35. The zero-order valence-corrected chi connectivity index (χ0v) is 19.6. The van der Waals surface area contributed by atoms with Gasteiger partial charge in [-0.2, -0.15) is 0 Å². The van der Waals surface area contributed by atoms with Gasteiger partial charge in [0.05, 0.1) is 0 Å². The van der Waals surface area contributed by atoms with Crippen LogP contribution in [0.25, 0.3) is 0 Å². The van der Waals surface area contributed by atoms with Gasteiger partial charge in [0.2, 0.25) is 0 Å². The normalized spacial score (nSPS) is 15.2. The van der Waals surface area contributed by atoms with Crippen LogP contribution in [-0.2, 0) is 20.9 Å². The molecule has 1 saturated carbocycles. The average Bonchev–Trinajstić information content (AvgIpc) is 3.49. The van der Waals surface area contributed by atoms with E-state index in [1.54, 1.807) is 0 Å². The largest absolute Gasteiger partial charge is 0.459 e. The smallest absolute Gasteiger partial charge is 0.411 e. The molecule has 0 bridgehead atoms. The lowest BCUT2D eigenvalue weighted by Gasteiger charge is -2.30. The van der Waals surface area contributed by atoms with E-state index in [9.17, 15) is 9.59 Å². The van der Waals surface area contributed by atoms with Gasteiger partial charge in [-0.25, -0.2) is 9.59 Å². The number of rotatable bonds is 11. The second-order valence-electron chi connectivity index (χ2n) is 9.33. The van der Waals surface area contributed by atoms with E-state index in [4.69, 9.17) is 9.47 Å². The summed E-state index contributed by atoms with van der Waals surface area (Å²) < 4.78 is 11.0. The summed E-state index contributed by atoms with van der Waals surface area (Å²) in [5, 5.41) is 2.77. The van der Waals surface area contributed by atoms with Gasteiger partial charge in [0.25, 0.3) is 0 Å². The molecule has 0 aliphatic heterocycles. The minimum absolute atomic E-state index is 0.223. The second kappa shape index (κ2) is 11.8. The summed E-state index contributed by atoms with van der Waals surface area (Å²) in [7, 11) is 0. The summed E-state index contributed by atoms with van der Waals surface area (Å²) in [4.78, 5) is 27.2. The minimum atomic E-state index is -0.566. The Labute approximate surface area is 187 Å². The highest BCUT2D eigenvalue weighted by Crippen LogP contribution is 2.31. The molecule has 6 heteroatoms. The van der Waals surface area contributed by atoms with Gasteiger partial charge in [0, 0.05) is 18.4 Å². The Hall–Kier alpha value is -2.50. The summed E-state index contributed by atoms with van der Waals surface area (Å²) in [5.74, 6) is 0.357. The predicted molar refractivity (Wildman–Crippen MR) is 122 cm³/mol. The number of carbonyl (C=O) groups excluding carboxylic acids is 2. The number of carbonyl (C=O) groups is 2. The van der Waals surface area contributed by atoms with Crippen molar-refractivity contribution in [1.29, 1.82) is 0 Å². The number of ether oxygens (including phenoxy) is 2. The number of esters is 1. The third kappa shape index (κ3) is 9.90. The lowest BCUT2D eigenvalue weighted by Crippen LogP contribution is -2.41. The first-order valence-electron chi connectivity index (χ1n) is 11.3. The fourth-order valence-electron chi connectivity index (χ4n) is 3.26. The van der Waals surface area contributed by atoms with Crippen molar-refractivity contribution in [1.82, 2.24) is 10.2 Å². The molecule has 1 aliphatic carbocycles. The van der Waals surface area contributed by atoms with Crippen LogP contribution < -0.4 is 5.32 Å². The van der Waals surface area contributed by atoms with Crippen LogP contribution in [-0.4, -0.2) is 35.2 Å². The van der Waals surface area contributed by atoms with Crippen molar-refractivity contribution >= 4 is 12.1 Å². The Bertz CT molecular complexity index is 736. The number of nitrogens with one attached hydrogen (secondary N) is 1. The second-order valence-corrected chi connectivity index (χ2v) is 9.33. The van der Waals surface area contributed by atoms with Crippen molar-refractivity contribution in [3.63, 3.8) is 0 Å². The maximum Gasteiger partial charge on any atom is 0.411 e. The number of unbranched alkanes of at least 4 members (excludes halogenated alkanes) is 1. The molecule has 1 aromatic carbocycles. The van der Waals surface area contributed by atoms with E-state index in [1.165, 1.54) is 12.8 Å². The molecule has 31 heavy (non-hydrogen) atoms. The number of benzene rings is 1. The van der Waals surface area contributed by atoms with Crippen molar-refractivity contribution < 1.29 is 19.1 Å². The Kier molecular flexibility index (Phi) is 9.41. The quantitative estimate of drug-likeness (QED) is 0.477. The van der Waals surface area contributed by atoms with E-state index in [-0.39, 0.29) is 18.6 Å². The van der Waals surface area contributed by atoms with E-state index < -0.39 is 11.7 Å². The van der Waals surface area contributed by atoms with Gasteiger partial charge >= 0.3 is 12.1 Å². The molecule has 0 spiro atoms. The molecule has 1 aromatic rings. The first-order chi connectivity index (χ1) is 14.7. The number of hydrogen-bond donors (Lipinski definition) is 1. The zero-order chi connectivity index (χ0) is 22.9. The van der Waals surface area contributed by atoms with Crippen LogP contribution in [0.1, 0.15) is 72.3 Å². The van der Waals surface area contributed by atoms with Gasteiger partial charge < -0.3 is 14.4 Å². The number of amides is 1. The monoisotopic (exact) mass is 430 g/mol. The standard InChI is InChI=1S/C25H38N2O4/c1-6-7-13-22(23(28)30-18-21-11-9-8-10-12-21)27(17-20-14-15-20)16-19(2)26-24(29)31-25(3,4)5/h8-12,16,20,22H,6-7,13-15,17-18H2,1-5H3,(H,26,29)/b19-16+/t22-/m0/s1. The summed E-state index contributed by atoms with van der Waals surface area (Å²) >= 11 is 0. The molecule has 2 rings (SSSR count). The third-order valence-electron chi connectivity index (χ3n) is 4.95. The number of nitrogens with zero attached hydrogens (tertiary/aromatic N) is 1. The van der Waals surface area contributed by atoms with Crippen LogP contribution in [0.3, 0.4) is 0 Å². The molecule has 0 aromatic heterocycles. The topological polar surface area (TPSA) is 67.9 Å². The van der Waals surface area contributed by atoms with Crippen LogP contribution in [0.2, 0.25) is 0 Å². The Morgan fingerprint density at radius 3 is 2.48 bits per heavy atom. The van der Waals surface area contributed by atoms with Gasteiger partial charge in [-0.15, -0.1) is 0 Å². The Morgan fingerprint density at radius 1 is 1.23 bits per heavy atom. The molecule has 0 unspecified atom stereocenters. The minimum Gasteiger partial charge on any atom is -0.459 e. The van der Waals surface area contributed by atoms with Gasteiger partial charge in [0.1, 0.15) is 18.2 Å². The van der Waals surface area contributed by atoms with E-state index in [0.717, 1.165) is 24.9 Å². The van der Waals surface area contributed by atoms with E-state index in [1.807, 2.05) is 69.1 Å². The van der Waals surface area contributed by atoms with Gasteiger partial charge in [-0.1, -0.05) is 50.1 Å². The molecule has 0 radical (unpaired) electrons. The van der Waals surface area contributed by atoms with Crippen LogP contribution in [0, 0.1) is 5.92 Å². The highest BCUT2D eigenvalue weighted by atomic mass is 16.6. The number of allylic oxidation sites excluding steroid dienone is 1. The first kappa shape index (κ1) is 24.8. The van der Waals surface area contributed by atoms with Gasteiger partial charge in [0.15, 0.2) is 0 Å². The molecule has 1 N–H and O–H groups in total. The molecule has 1 aliphatic rings. The van der Waals surface area contributed by atoms with Crippen molar-refractivity contribution in [3.8, 4) is 0 Å². The molecular formula is C25H38N2O4. The molecular weight excluding hydrogens is 392 g/mol. The molecule has 6 nitrogen and oxygen atoms in total. The Balaban J connectivity index is 2.10. The van der Waals surface area contributed by atoms with Gasteiger partial charge in [-0.3, -0.25) is 5.32 Å². The van der Waals surface area contributed by atoms with E-state index >= 15 is 0 Å². The highest BCUT2D eigenvalue weighted by molar-refractivity contribution is 5.76. The lowest BCUT2D eigenvalue weighted by atomic mass is 10.1. The molecule has 1 fully saturated rings. The van der Waals surface area contributed by atoms with Crippen LogP contribution in [0.4, 0.5) is 4.79 Å². The number of alkyl carbamates (subject to hydrolysis) is 1. The Morgan fingerprint density at radius 2 is 1.90 bits per heavy atom. The molecule has 0 saturated heterocycles. The number of hydrogen-bond acceptors (Lipinski definition) is 5. The average molecular weight is 431 g/mol. The fourth-order valence-corrected chi connectivity index (χ4v) is 3.26. The van der Waals surface area contributed by atoms with Gasteiger partial charge in [-0.05, 0) is 58.4 Å². The van der Waals surface area contributed by atoms with Crippen molar-refractivity contribution in [2.75, 3.05) is 6.54 Å². The zero-order valence-electron chi connectivity index (χ0n) is 19.6. The van der Waals surface area contributed by atoms with Crippen molar-refractivity contribution in [2.24, 2.45) is 5.92 Å². The first-order valence-corrected chi connectivity index (χ1v) is 11.3. The molecule has 1 amide bonds. The molecule has 172 valence electrons. The van der Waals surface area contributed by atoms with Crippen molar-refractivity contribution in [3.05, 3.63) is 47.8 Å². The predicted octanol–water partition coefficient (Wildman–Crippen LogP) is 5.39. The fraction of sp³-hybridized carbons (Fsp3) is 0.600. The molecule has 1 atom stereocenters. The maximum atomic E-state index is 13.1. The summed E-state index contributed by atoms with van der Waals surface area (Å²) in [6.45, 7) is 10.5. The van der Waals surface area contributed by atoms with Crippen LogP contribution >= 0.6 is 0 Å². The highest BCUT2D eigenvalue weighted by Gasteiger charge is 2.31. The van der Waals surface area contributed by atoms with Crippen LogP contribution in [0.15, 0.2) is 42.2 Å². The SMILES string of the molecule is CCCC[C@@H](C(=O)OCc1ccccc1)N(/C=C(\C)NC(=O)OC(C)(C)C)CC1CC1. The third-order valence-corrected chi connectivity index (χ3v) is 4.95. The summed E-state index contributed by atoms with van der Waals surface area (Å²) in [6, 6.07) is 9.34. The van der Waals surface area contributed by atoms with E-state index in [2.05, 4.69) is 12.2 Å². The maximum absolute atomic E-state index is 13.1. The molecule has 0 heterocycles. The van der Waals surface area contributed by atoms with E-state index in [0.29, 0.717) is 18.0 Å².